The SMILES string of the molecule is COCC(NC(=O)CCC(C)(C)NC(=O)OCC1c2ccccc2-c2ccccc21)C(=O)O. The molecule has 0 bridgehead atoms. The summed E-state index contributed by atoms with van der Waals surface area (Å²) in [7, 11) is 1.36. The van der Waals surface area contributed by atoms with E-state index in [2.05, 4.69) is 34.9 Å². The highest BCUT2D eigenvalue weighted by Crippen LogP contribution is 2.44. The maximum atomic E-state index is 12.5. The third-order valence-corrected chi connectivity index (χ3v) is 5.73. The molecule has 0 heterocycles. The summed E-state index contributed by atoms with van der Waals surface area (Å²) < 4.78 is 10.4. The Morgan fingerprint density at radius 2 is 1.61 bits per heavy atom. The Hall–Kier alpha value is -3.39. The van der Waals surface area contributed by atoms with Gasteiger partial charge in [-0.15, -0.1) is 0 Å². The maximum absolute atomic E-state index is 12.5. The number of rotatable bonds is 10. The van der Waals surface area contributed by atoms with Crippen LogP contribution in [0.25, 0.3) is 11.1 Å². The Labute approximate surface area is 193 Å². The third-order valence-electron chi connectivity index (χ3n) is 5.73. The molecule has 3 N–H and O–H groups in total. The highest BCUT2D eigenvalue weighted by Gasteiger charge is 2.30. The molecule has 33 heavy (non-hydrogen) atoms. The molecule has 0 saturated heterocycles. The number of methoxy groups -OCH3 is 1. The van der Waals surface area contributed by atoms with Crippen LogP contribution in [-0.2, 0) is 19.1 Å². The molecular formula is C25H30N2O6. The average Bonchev–Trinajstić information content (AvgIpc) is 3.09. The first-order valence-corrected chi connectivity index (χ1v) is 10.9. The molecule has 2 aromatic carbocycles. The molecule has 2 amide bonds. The second-order valence-electron chi connectivity index (χ2n) is 8.75. The number of alkyl carbamates (subject to hydrolysis) is 1. The molecule has 1 atom stereocenters. The zero-order valence-corrected chi connectivity index (χ0v) is 19.1. The highest BCUT2D eigenvalue weighted by atomic mass is 16.5. The lowest BCUT2D eigenvalue weighted by molar-refractivity contribution is -0.143. The van der Waals surface area contributed by atoms with E-state index in [-0.39, 0.29) is 25.6 Å². The minimum Gasteiger partial charge on any atom is -0.480 e. The summed E-state index contributed by atoms with van der Waals surface area (Å²) in [5.41, 5.74) is 3.85. The fourth-order valence-electron chi connectivity index (χ4n) is 4.01. The zero-order chi connectivity index (χ0) is 24.0. The predicted octanol–water partition coefficient (Wildman–Crippen LogP) is 3.30. The van der Waals surface area contributed by atoms with Gasteiger partial charge in [0.05, 0.1) is 6.61 Å². The minimum atomic E-state index is -1.17. The van der Waals surface area contributed by atoms with Crippen molar-refractivity contribution in [1.82, 2.24) is 10.6 Å². The monoisotopic (exact) mass is 454 g/mol. The van der Waals surface area contributed by atoms with E-state index in [0.29, 0.717) is 6.42 Å². The van der Waals surface area contributed by atoms with Crippen LogP contribution in [0.15, 0.2) is 48.5 Å². The first-order chi connectivity index (χ1) is 15.7. The van der Waals surface area contributed by atoms with Crippen LogP contribution >= 0.6 is 0 Å². The number of nitrogens with one attached hydrogen (secondary N) is 2. The summed E-state index contributed by atoms with van der Waals surface area (Å²) >= 11 is 0. The molecule has 3 rings (SSSR count). The lowest BCUT2D eigenvalue weighted by atomic mass is 9.98. The number of carboxylic acids is 1. The molecule has 0 spiro atoms. The first kappa shape index (κ1) is 24.3. The molecule has 176 valence electrons. The number of ether oxygens (including phenoxy) is 2. The topological polar surface area (TPSA) is 114 Å². The number of benzene rings is 2. The van der Waals surface area contributed by atoms with E-state index in [9.17, 15) is 14.4 Å². The fraction of sp³-hybridized carbons (Fsp3) is 0.400. The van der Waals surface area contributed by atoms with Gasteiger partial charge in [-0.25, -0.2) is 9.59 Å². The van der Waals surface area contributed by atoms with Crippen molar-refractivity contribution in [3.05, 3.63) is 59.7 Å². The second kappa shape index (κ2) is 10.5. The normalized spacial score (nSPS) is 13.5. The van der Waals surface area contributed by atoms with Crippen molar-refractivity contribution in [2.45, 2.75) is 44.2 Å². The fourth-order valence-corrected chi connectivity index (χ4v) is 4.01. The number of carboxylic acid groups (broad SMARTS) is 1. The van der Waals surface area contributed by atoms with E-state index in [4.69, 9.17) is 14.6 Å². The number of hydrogen-bond donors (Lipinski definition) is 3. The van der Waals surface area contributed by atoms with E-state index in [1.165, 1.54) is 7.11 Å². The summed E-state index contributed by atoms with van der Waals surface area (Å²) in [6.45, 7) is 3.65. The number of carbonyl (C=O) groups is 3. The largest absolute Gasteiger partial charge is 0.480 e. The Bertz CT molecular complexity index is 974. The molecule has 0 fully saturated rings. The van der Waals surface area contributed by atoms with E-state index >= 15 is 0 Å². The molecular weight excluding hydrogens is 424 g/mol. The van der Waals surface area contributed by atoms with Crippen LogP contribution in [0.2, 0.25) is 0 Å². The third kappa shape index (κ3) is 6.10. The van der Waals surface area contributed by atoms with Gasteiger partial charge in [-0.2, -0.15) is 0 Å². The van der Waals surface area contributed by atoms with Gasteiger partial charge in [0.25, 0.3) is 0 Å². The molecule has 0 aromatic heterocycles. The highest BCUT2D eigenvalue weighted by molar-refractivity contribution is 5.83. The molecule has 0 aliphatic heterocycles. The van der Waals surface area contributed by atoms with Crippen LogP contribution < -0.4 is 10.6 Å². The van der Waals surface area contributed by atoms with Gasteiger partial charge in [0.1, 0.15) is 6.61 Å². The lowest BCUT2D eigenvalue weighted by Gasteiger charge is -2.26. The summed E-state index contributed by atoms with van der Waals surface area (Å²) in [5, 5.41) is 14.3. The molecule has 0 saturated carbocycles. The van der Waals surface area contributed by atoms with E-state index in [1.54, 1.807) is 13.8 Å². The van der Waals surface area contributed by atoms with Gasteiger partial charge in [0, 0.05) is 25.0 Å². The van der Waals surface area contributed by atoms with Gasteiger partial charge >= 0.3 is 12.1 Å². The number of carbonyl (C=O) groups excluding carboxylic acids is 2. The predicted molar refractivity (Wildman–Crippen MR) is 123 cm³/mol. The van der Waals surface area contributed by atoms with Crippen molar-refractivity contribution >= 4 is 18.0 Å². The molecule has 0 radical (unpaired) electrons. The number of aliphatic carboxylic acids is 1. The van der Waals surface area contributed by atoms with E-state index in [0.717, 1.165) is 22.3 Å². The van der Waals surface area contributed by atoms with Crippen LogP contribution in [0.1, 0.15) is 43.7 Å². The van der Waals surface area contributed by atoms with Crippen molar-refractivity contribution in [1.29, 1.82) is 0 Å². The van der Waals surface area contributed by atoms with Crippen LogP contribution in [0.3, 0.4) is 0 Å². The Morgan fingerprint density at radius 1 is 1.03 bits per heavy atom. The Balaban J connectivity index is 1.52. The molecule has 8 heteroatoms. The molecule has 8 nitrogen and oxygen atoms in total. The van der Waals surface area contributed by atoms with E-state index in [1.807, 2.05) is 24.3 Å². The first-order valence-electron chi connectivity index (χ1n) is 10.9. The van der Waals surface area contributed by atoms with Gasteiger partial charge in [0.2, 0.25) is 5.91 Å². The van der Waals surface area contributed by atoms with Crippen LogP contribution in [0.5, 0.6) is 0 Å². The van der Waals surface area contributed by atoms with Crippen LogP contribution in [0, 0.1) is 0 Å². The summed E-state index contributed by atoms with van der Waals surface area (Å²) in [6.07, 6.45) is -0.211. The Morgan fingerprint density at radius 3 is 2.15 bits per heavy atom. The quantitative estimate of drug-likeness (QED) is 0.508. The molecule has 1 aliphatic rings. The van der Waals surface area contributed by atoms with Gasteiger partial charge in [0.15, 0.2) is 6.04 Å². The molecule has 1 unspecified atom stereocenters. The van der Waals surface area contributed by atoms with Crippen molar-refractivity contribution < 1.29 is 29.0 Å². The van der Waals surface area contributed by atoms with Gasteiger partial charge in [-0.3, -0.25) is 4.79 Å². The standard InChI is InChI=1S/C25H30N2O6/c1-25(2,13-12-22(28)26-21(15-32-3)23(29)30)27-24(31)33-14-20-18-10-6-4-8-16(18)17-9-5-7-11-19(17)20/h4-11,20-21H,12-15H2,1-3H3,(H,26,28)(H,27,31)(H,29,30). The van der Waals surface area contributed by atoms with Gasteiger partial charge in [-0.1, -0.05) is 48.5 Å². The maximum Gasteiger partial charge on any atom is 0.407 e. The summed E-state index contributed by atoms with van der Waals surface area (Å²) in [4.78, 5) is 35.8. The van der Waals surface area contributed by atoms with Gasteiger partial charge in [-0.05, 0) is 42.5 Å². The van der Waals surface area contributed by atoms with Crippen LogP contribution in [0.4, 0.5) is 4.79 Å². The smallest absolute Gasteiger partial charge is 0.407 e. The number of amides is 2. The van der Waals surface area contributed by atoms with Gasteiger partial charge < -0.3 is 25.2 Å². The van der Waals surface area contributed by atoms with Crippen molar-refractivity contribution in [2.75, 3.05) is 20.3 Å². The van der Waals surface area contributed by atoms with Crippen molar-refractivity contribution in [3.8, 4) is 11.1 Å². The van der Waals surface area contributed by atoms with Crippen LogP contribution in [-0.4, -0.2) is 55.0 Å². The van der Waals surface area contributed by atoms with Crippen molar-refractivity contribution in [2.24, 2.45) is 0 Å². The average molecular weight is 455 g/mol. The molecule has 1 aliphatic carbocycles. The lowest BCUT2D eigenvalue weighted by Crippen LogP contribution is -2.47. The summed E-state index contributed by atoms with van der Waals surface area (Å²) in [6, 6.07) is 15.1. The Kier molecular flexibility index (Phi) is 7.71. The van der Waals surface area contributed by atoms with E-state index < -0.39 is 29.6 Å². The number of fused-ring (bicyclic) bond motifs is 3. The number of hydrogen-bond acceptors (Lipinski definition) is 5. The molecule has 2 aromatic rings. The van der Waals surface area contributed by atoms with Crippen molar-refractivity contribution in [3.63, 3.8) is 0 Å². The summed E-state index contributed by atoms with van der Waals surface area (Å²) in [5.74, 6) is -1.63. The second-order valence-corrected chi connectivity index (χ2v) is 8.75. The minimum absolute atomic E-state index is 0.0363. The zero-order valence-electron chi connectivity index (χ0n) is 19.1.